The summed E-state index contributed by atoms with van der Waals surface area (Å²) in [6.07, 6.45) is 3.83. The summed E-state index contributed by atoms with van der Waals surface area (Å²) in [6.45, 7) is 0.423. The van der Waals surface area contributed by atoms with Crippen LogP contribution < -0.4 is 10.6 Å². The first-order chi connectivity index (χ1) is 13.6. The van der Waals surface area contributed by atoms with Crippen LogP contribution in [0.4, 0.5) is 10.5 Å². The van der Waals surface area contributed by atoms with Gasteiger partial charge in [-0.05, 0) is 61.6 Å². The third kappa shape index (κ3) is 4.04. The Bertz CT molecular complexity index is 931. The summed E-state index contributed by atoms with van der Waals surface area (Å²) in [7, 11) is 3.89. The van der Waals surface area contributed by atoms with Crippen LogP contribution in [0.2, 0.25) is 0 Å². The number of nitrogens with zero attached hydrogens (tertiary/aromatic N) is 5. The Hall–Kier alpha value is -3.20. The third-order valence-electron chi connectivity index (χ3n) is 4.72. The van der Waals surface area contributed by atoms with E-state index in [1.165, 1.54) is 0 Å². The summed E-state index contributed by atoms with van der Waals surface area (Å²) in [6, 6.07) is 11.3. The zero-order valence-electron chi connectivity index (χ0n) is 15.9. The lowest BCUT2D eigenvalue weighted by atomic mass is 10.2. The maximum atomic E-state index is 12.4. The van der Waals surface area contributed by atoms with E-state index in [0.29, 0.717) is 18.3 Å². The number of urea groups is 1. The monoisotopic (exact) mass is 381 g/mol. The zero-order chi connectivity index (χ0) is 19.5. The van der Waals surface area contributed by atoms with Crippen LogP contribution in [0.1, 0.15) is 30.7 Å². The lowest BCUT2D eigenvalue weighted by molar-refractivity contribution is 0.233. The van der Waals surface area contributed by atoms with Crippen LogP contribution in [0.25, 0.3) is 11.4 Å². The molecule has 146 valence electrons. The molecule has 2 amide bonds. The molecule has 3 aromatic rings. The SMILES string of the molecule is CN(C)C(CNC(=O)Nc1cccc(-c2nnnn2C2CC2)c1)c1ccco1. The Morgan fingerprint density at radius 1 is 1.32 bits per heavy atom. The first-order valence-electron chi connectivity index (χ1n) is 9.25. The number of likely N-dealkylation sites (N-methyl/N-ethyl adjacent to an activating group) is 1. The van der Waals surface area contributed by atoms with Gasteiger partial charge in [-0.25, -0.2) is 9.48 Å². The molecular weight excluding hydrogens is 358 g/mol. The van der Waals surface area contributed by atoms with Gasteiger partial charge < -0.3 is 15.1 Å². The normalized spacial score (nSPS) is 14.8. The maximum absolute atomic E-state index is 12.4. The van der Waals surface area contributed by atoms with E-state index in [9.17, 15) is 4.79 Å². The van der Waals surface area contributed by atoms with Crippen molar-refractivity contribution in [2.45, 2.75) is 24.9 Å². The van der Waals surface area contributed by atoms with E-state index in [0.717, 1.165) is 30.0 Å². The number of nitrogens with one attached hydrogen (secondary N) is 2. The van der Waals surface area contributed by atoms with E-state index in [4.69, 9.17) is 4.42 Å². The largest absolute Gasteiger partial charge is 0.468 e. The average Bonchev–Trinajstić information content (AvgIpc) is 3.17. The minimum atomic E-state index is -0.280. The van der Waals surface area contributed by atoms with Gasteiger partial charge >= 0.3 is 6.03 Å². The molecular formula is C19H23N7O2. The van der Waals surface area contributed by atoms with Gasteiger partial charge in [0, 0.05) is 17.8 Å². The van der Waals surface area contributed by atoms with E-state index in [1.807, 2.05) is 60.1 Å². The van der Waals surface area contributed by atoms with E-state index in [1.54, 1.807) is 6.26 Å². The minimum Gasteiger partial charge on any atom is -0.468 e. The molecule has 1 fully saturated rings. The quantitative estimate of drug-likeness (QED) is 0.653. The van der Waals surface area contributed by atoms with Crippen molar-refractivity contribution in [1.29, 1.82) is 0 Å². The summed E-state index contributed by atoms with van der Waals surface area (Å²) >= 11 is 0. The molecule has 4 rings (SSSR count). The van der Waals surface area contributed by atoms with Crippen LogP contribution in [-0.2, 0) is 0 Å². The van der Waals surface area contributed by atoms with Gasteiger partial charge in [-0.2, -0.15) is 0 Å². The van der Waals surface area contributed by atoms with Crippen molar-refractivity contribution in [3.63, 3.8) is 0 Å². The van der Waals surface area contributed by atoms with Gasteiger partial charge in [0.15, 0.2) is 5.82 Å². The Morgan fingerprint density at radius 2 is 2.18 bits per heavy atom. The predicted molar refractivity (Wildman–Crippen MR) is 104 cm³/mol. The van der Waals surface area contributed by atoms with Crippen LogP contribution in [0, 0.1) is 0 Å². The van der Waals surface area contributed by atoms with Gasteiger partial charge in [0.2, 0.25) is 0 Å². The molecule has 1 saturated carbocycles. The molecule has 28 heavy (non-hydrogen) atoms. The molecule has 0 radical (unpaired) electrons. The Labute approximate surface area is 162 Å². The number of tetrazole rings is 1. The lowest BCUT2D eigenvalue weighted by Gasteiger charge is -2.22. The van der Waals surface area contributed by atoms with Gasteiger partial charge in [0.1, 0.15) is 5.76 Å². The van der Waals surface area contributed by atoms with Crippen molar-refractivity contribution in [3.8, 4) is 11.4 Å². The number of hydrogen-bond acceptors (Lipinski definition) is 6. The first-order valence-corrected chi connectivity index (χ1v) is 9.25. The van der Waals surface area contributed by atoms with Gasteiger partial charge in [-0.3, -0.25) is 4.90 Å². The van der Waals surface area contributed by atoms with Gasteiger partial charge in [0.25, 0.3) is 0 Å². The average molecular weight is 381 g/mol. The number of aromatic nitrogens is 4. The van der Waals surface area contributed by atoms with E-state index in [2.05, 4.69) is 26.2 Å². The van der Waals surface area contributed by atoms with E-state index in [-0.39, 0.29) is 12.1 Å². The number of anilines is 1. The van der Waals surface area contributed by atoms with Crippen molar-refractivity contribution in [2.75, 3.05) is 26.0 Å². The molecule has 2 heterocycles. The van der Waals surface area contributed by atoms with Crippen molar-refractivity contribution < 1.29 is 9.21 Å². The van der Waals surface area contributed by atoms with Crippen LogP contribution in [-0.4, -0.2) is 51.8 Å². The maximum Gasteiger partial charge on any atom is 0.319 e. The Kier molecular flexibility index (Phi) is 5.07. The summed E-state index contributed by atoms with van der Waals surface area (Å²) in [5.41, 5.74) is 1.55. The lowest BCUT2D eigenvalue weighted by Crippen LogP contribution is -2.36. The molecule has 9 heteroatoms. The number of furan rings is 1. The van der Waals surface area contributed by atoms with Crippen LogP contribution in [0.3, 0.4) is 0 Å². The minimum absolute atomic E-state index is 0.0461. The van der Waals surface area contributed by atoms with Crippen LogP contribution in [0.5, 0.6) is 0 Å². The topological polar surface area (TPSA) is 101 Å². The molecule has 0 aliphatic heterocycles. The molecule has 1 aromatic carbocycles. The van der Waals surface area contributed by atoms with E-state index >= 15 is 0 Å². The summed E-state index contributed by atoms with van der Waals surface area (Å²) in [5.74, 6) is 1.52. The third-order valence-corrected chi connectivity index (χ3v) is 4.72. The number of amides is 2. The highest BCUT2D eigenvalue weighted by Crippen LogP contribution is 2.36. The first kappa shape index (κ1) is 18.2. The Morgan fingerprint density at radius 3 is 2.89 bits per heavy atom. The molecule has 1 aliphatic rings. The fourth-order valence-corrected chi connectivity index (χ4v) is 3.07. The van der Waals surface area contributed by atoms with Crippen LogP contribution in [0.15, 0.2) is 47.1 Å². The van der Waals surface area contributed by atoms with Crippen molar-refractivity contribution in [1.82, 2.24) is 30.4 Å². The second kappa shape index (κ2) is 7.81. The van der Waals surface area contributed by atoms with E-state index < -0.39 is 0 Å². The molecule has 1 aliphatic carbocycles. The second-order valence-electron chi connectivity index (χ2n) is 7.09. The molecule has 0 bridgehead atoms. The molecule has 9 nitrogen and oxygen atoms in total. The standard InChI is InChI=1S/C19H23N7O2/c1-25(2)16(17-7-4-10-28-17)12-20-19(27)21-14-6-3-5-13(11-14)18-22-23-24-26(18)15-8-9-15/h3-7,10-11,15-16H,8-9,12H2,1-2H3,(H2,20,21,27). The zero-order valence-corrected chi connectivity index (χ0v) is 15.9. The van der Waals surface area contributed by atoms with Gasteiger partial charge in [0.05, 0.1) is 18.3 Å². The second-order valence-corrected chi connectivity index (χ2v) is 7.09. The predicted octanol–water partition coefficient (Wildman–Crippen LogP) is 2.69. The highest BCUT2D eigenvalue weighted by Gasteiger charge is 2.28. The van der Waals surface area contributed by atoms with Crippen molar-refractivity contribution in [3.05, 3.63) is 48.4 Å². The number of hydrogen-bond donors (Lipinski definition) is 2. The fraction of sp³-hybridized carbons (Fsp3) is 0.368. The summed E-state index contributed by atoms with van der Waals surface area (Å²) in [5, 5.41) is 17.8. The molecule has 0 saturated heterocycles. The van der Waals surface area contributed by atoms with Gasteiger partial charge in [-0.15, -0.1) is 5.10 Å². The number of benzene rings is 1. The van der Waals surface area contributed by atoms with Crippen LogP contribution >= 0.6 is 0 Å². The molecule has 1 unspecified atom stereocenters. The molecule has 1 atom stereocenters. The summed E-state index contributed by atoms with van der Waals surface area (Å²) in [4.78, 5) is 14.4. The summed E-state index contributed by atoms with van der Waals surface area (Å²) < 4.78 is 7.32. The highest BCUT2D eigenvalue weighted by atomic mass is 16.3. The molecule has 2 aromatic heterocycles. The number of carbonyl (C=O) groups is 1. The molecule has 0 spiro atoms. The van der Waals surface area contributed by atoms with Crippen molar-refractivity contribution >= 4 is 11.7 Å². The van der Waals surface area contributed by atoms with Crippen molar-refractivity contribution in [2.24, 2.45) is 0 Å². The number of carbonyl (C=O) groups excluding carboxylic acids is 1. The molecule has 2 N–H and O–H groups in total. The Balaban J connectivity index is 1.40. The van der Waals surface area contributed by atoms with Gasteiger partial charge in [-0.1, -0.05) is 12.1 Å². The smallest absolute Gasteiger partial charge is 0.319 e. The fourth-order valence-electron chi connectivity index (χ4n) is 3.07. The highest BCUT2D eigenvalue weighted by molar-refractivity contribution is 5.89. The number of rotatable bonds is 7.